The second-order valence-corrected chi connectivity index (χ2v) is 6.99. The molecule has 0 fully saturated rings. The van der Waals surface area contributed by atoms with Gasteiger partial charge in [-0.3, -0.25) is 4.40 Å². The Hall–Kier alpha value is -1.40. The standard InChI is InChI=1S/C16H18ClN3OS/c1-10-9-20-14(11(2)19-16(20)22-10)7-18-8-15(21)12-3-5-13(17)6-4-12/h3-6,9,15,18,21H,7-8H2,1-2H3. The van der Waals surface area contributed by atoms with Crippen LogP contribution in [0.4, 0.5) is 0 Å². The average Bonchev–Trinajstić information content (AvgIpc) is 2.96. The molecule has 2 N–H and O–H groups in total. The Bertz CT molecular complexity index is 779. The minimum Gasteiger partial charge on any atom is -0.387 e. The van der Waals surface area contributed by atoms with Crippen molar-refractivity contribution < 1.29 is 5.11 Å². The third kappa shape index (κ3) is 3.17. The topological polar surface area (TPSA) is 49.6 Å². The van der Waals surface area contributed by atoms with E-state index in [1.165, 1.54) is 4.88 Å². The summed E-state index contributed by atoms with van der Waals surface area (Å²) >= 11 is 7.54. The molecule has 0 aliphatic heterocycles. The summed E-state index contributed by atoms with van der Waals surface area (Å²) in [5.41, 5.74) is 3.03. The summed E-state index contributed by atoms with van der Waals surface area (Å²) in [5.74, 6) is 0. The van der Waals surface area contributed by atoms with Crippen molar-refractivity contribution >= 4 is 27.9 Å². The van der Waals surface area contributed by atoms with Gasteiger partial charge < -0.3 is 10.4 Å². The molecule has 1 aromatic carbocycles. The average molecular weight is 336 g/mol. The molecular formula is C16H18ClN3OS. The molecule has 3 aromatic rings. The number of hydrogen-bond acceptors (Lipinski definition) is 4. The first-order valence-electron chi connectivity index (χ1n) is 7.13. The summed E-state index contributed by atoms with van der Waals surface area (Å²) < 4.78 is 2.12. The van der Waals surface area contributed by atoms with E-state index in [2.05, 4.69) is 27.8 Å². The number of nitrogens with one attached hydrogen (secondary N) is 1. The maximum Gasteiger partial charge on any atom is 0.194 e. The molecule has 0 bridgehead atoms. The second kappa shape index (κ2) is 6.38. The number of halogens is 1. The first-order chi connectivity index (χ1) is 10.5. The number of rotatable bonds is 5. The van der Waals surface area contributed by atoms with Crippen molar-refractivity contribution in [2.45, 2.75) is 26.5 Å². The fourth-order valence-corrected chi connectivity index (χ4v) is 3.47. The minimum atomic E-state index is -0.551. The van der Waals surface area contributed by atoms with E-state index in [9.17, 15) is 5.11 Å². The summed E-state index contributed by atoms with van der Waals surface area (Å²) in [7, 11) is 0. The maximum absolute atomic E-state index is 10.2. The molecule has 116 valence electrons. The van der Waals surface area contributed by atoms with Gasteiger partial charge in [-0.2, -0.15) is 0 Å². The van der Waals surface area contributed by atoms with Gasteiger partial charge >= 0.3 is 0 Å². The number of aromatic nitrogens is 2. The number of imidazole rings is 1. The summed E-state index contributed by atoms with van der Waals surface area (Å²) in [5, 5.41) is 14.2. The van der Waals surface area contributed by atoms with E-state index < -0.39 is 6.10 Å². The number of thiazole rings is 1. The molecule has 4 nitrogen and oxygen atoms in total. The molecule has 2 aromatic heterocycles. The van der Waals surface area contributed by atoms with E-state index in [4.69, 9.17) is 11.6 Å². The number of aliphatic hydroxyl groups is 1. The molecule has 6 heteroatoms. The Kier molecular flexibility index (Phi) is 4.49. The smallest absolute Gasteiger partial charge is 0.194 e. The van der Waals surface area contributed by atoms with E-state index in [1.807, 2.05) is 19.1 Å². The first-order valence-corrected chi connectivity index (χ1v) is 8.32. The molecule has 0 radical (unpaired) electrons. The molecule has 22 heavy (non-hydrogen) atoms. The lowest BCUT2D eigenvalue weighted by molar-refractivity contribution is 0.174. The predicted molar refractivity (Wildman–Crippen MR) is 90.7 cm³/mol. The number of aryl methyl sites for hydroxylation is 2. The van der Waals surface area contributed by atoms with Crippen LogP contribution in [0.1, 0.15) is 27.9 Å². The monoisotopic (exact) mass is 335 g/mol. The Labute approximate surface area is 138 Å². The molecular weight excluding hydrogens is 318 g/mol. The van der Waals surface area contributed by atoms with Gasteiger partial charge in [-0.05, 0) is 31.5 Å². The van der Waals surface area contributed by atoms with Crippen LogP contribution >= 0.6 is 22.9 Å². The van der Waals surface area contributed by atoms with Crippen molar-refractivity contribution in [3.05, 3.63) is 57.3 Å². The normalized spacial score (nSPS) is 12.9. The number of benzene rings is 1. The summed E-state index contributed by atoms with van der Waals surface area (Å²) in [6.07, 6.45) is 1.55. The highest BCUT2D eigenvalue weighted by Gasteiger charge is 2.12. The first kappa shape index (κ1) is 15.5. The van der Waals surface area contributed by atoms with Gasteiger partial charge in [-0.15, -0.1) is 11.3 Å². The Balaban J connectivity index is 1.64. The lowest BCUT2D eigenvalue weighted by Gasteiger charge is -2.12. The summed E-state index contributed by atoms with van der Waals surface area (Å²) in [6.45, 7) is 5.25. The molecule has 0 spiro atoms. The zero-order chi connectivity index (χ0) is 15.7. The van der Waals surface area contributed by atoms with Gasteiger partial charge in [-0.25, -0.2) is 4.98 Å². The SMILES string of the molecule is Cc1cn2c(CNCC(O)c3ccc(Cl)cc3)c(C)nc2s1. The third-order valence-corrected chi connectivity index (χ3v) is 4.78. The van der Waals surface area contributed by atoms with Crippen molar-refractivity contribution in [2.24, 2.45) is 0 Å². The lowest BCUT2D eigenvalue weighted by Crippen LogP contribution is -2.22. The van der Waals surface area contributed by atoms with Crippen LogP contribution in [0, 0.1) is 13.8 Å². The number of hydrogen-bond donors (Lipinski definition) is 2. The van der Waals surface area contributed by atoms with Crippen LogP contribution in [-0.4, -0.2) is 21.0 Å². The van der Waals surface area contributed by atoms with E-state index in [-0.39, 0.29) is 0 Å². The molecule has 3 rings (SSSR count). The summed E-state index contributed by atoms with van der Waals surface area (Å²) in [6, 6.07) is 7.27. The van der Waals surface area contributed by atoms with Crippen molar-refractivity contribution in [1.29, 1.82) is 0 Å². The molecule has 0 aliphatic carbocycles. The van der Waals surface area contributed by atoms with Crippen LogP contribution in [0.15, 0.2) is 30.5 Å². The van der Waals surface area contributed by atoms with Gasteiger partial charge in [-0.1, -0.05) is 23.7 Å². The predicted octanol–water partition coefficient (Wildman–Crippen LogP) is 3.49. The van der Waals surface area contributed by atoms with Gasteiger partial charge in [0.05, 0.1) is 17.5 Å². The van der Waals surface area contributed by atoms with E-state index in [0.29, 0.717) is 18.1 Å². The zero-order valence-electron chi connectivity index (χ0n) is 12.5. The highest BCUT2D eigenvalue weighted by Crippen LogP contribution is 2.21. The molecule has 0 aliphatic rings. The minimum absolute atomic E-state index is 0.484. The molecule has 0 saturated heterocycles. The zero-order valence-corrected chi connectivity index (χ0v) is 14.1. The lowest BCUT2D eigenvalue weighted by atomic mass is 10.1. The number of nitrogens with zero attached hydrogens (tertiary/aromatic N) is 2. The van der Waals surface area contributed by atoms with Crippen LogP contribution in [0.2, 0.25) is 5.02 Å². The molecule has 1 unspecified atom stereocenters. The Morgan fingerprint density at radius 3 is 2.77 bits per heavy atom. The van der Waals surface area contributed by atoms with Crippen molar-refractivity contribution in [3.8, 4) is 0 Å². The Morgan fingerprint density at radius 2 is 2.05 bits per heavy atom. The fourth-order valence-electron chi connectivity index (χ4n) is 2.45. The van der Waals surface area contributed by atoms with Gasteiger partial charge in [0.25, 0.3) is 0 Å². The Morgan fingerprint density at radius 1 is 1.32 bits per heavy atom. The highest BCUT2D eigenvalue weighted by molar-refractivity contribution is 7.17. The quantitative estimate of drug-likeness (QED) is 0.750. The van der Waals surface area contributed by atoms with Crippen LogP contribution in [0.5, 0.6) is 0 Å². The van der Waals surface area contributed by atoms with Gasteiger partial charge in [0.15, 0.2) is 4.96 Å². The van der Waals surface area contributed by atoms with E-state index >= 15 is 0 Å². The summed E-state index contributed by atoms with van der Waals surface area (Å²) in [4.78, 5) is 6.82. The third-order valence-electron chi connectivity index (χ3n) is 3.63. The van der Waals surface area contributed by atoms with Crippen molar-refractivity contribution in [2.75, 3.05) is 6.54 Å². The van der Waals surface area contributed by atoms with E-state index in [0.717, 1.165) is 21.9 Å². The number of fused-ring (bicyclic) bond motifs is 1. The van der Waals surface area contributed by atoms with Crippen LogP contribution in [0.25, 0.3) is 4.96 Å². The maximum atomic E-state index is 10.2. The molecule has 0 saturated carbocycles. The van der Waals surface area contributed by atoms with Crippen LogP contribution in [0.3, 0.4) is 0 Å². The second-order valence-electron chi connectivity index (χ2n) is 5.34. The van der Waals surface area contributed by atoms with Crippen LogP contribution in [-0.2, 0) is 6.54 Å². The largest absolute Gasteiger partial charge is 0.387 e. The molecule has 0 amide bonds. The van der Waals surface area contributed by atoms with Gasteiger partial charge in [0.2, 0.25) is 0 Å². The van der Waals surface area contributed by atoms with E-state index in [1.54, 1.807) is 23.5 Å². The molecule has 2 heterocycles. The highest BCUT2D eigenvalue weighted by atomic mass is 35.5. The number of aliphatic hydroxyl groups excluding tert-OH is 1. The van der Waals surface area contributed by atoms with Gasteiger partial charge in [0.1, 0.15) is 0 Å². The van der Waals surface area contributed by atoms with Gasteiger partial charge in [0, 0.05) is 29.2 Å². The molecule has 1 atom stereocenters. The van der Waals surface area contributed by atoms with Crippen molar-refractivity contribution in [1.82, 2.24) is 14.7 Å². The fraction of sp³-hybridized carbons (Fsp3) is 0.312. The van der Waals surface area contributed by atoms with Crippen LogP contribution < -0.4 is 5.32 Å². The van der Waals surface area contributed by atoms with Crippen molar-refractivity contribution in [3.63, 3.8) is 0 Å².